The Bertz CT molecular complexity index is 2340. The molecule has 2 aliphatic rings. The average molecular weight is 1050 g/mol. The molecule has 2 fully saturated rings. The van der Waals surface area contributed by atoms with Gasteiger partial charge < -0.3 is 42.7 Å². The first kappa shape index (κ1) is 67.9. The van der Waals surface area contributed by atoms with E-state index in [0.29, 0.717) is 74.4 Å². The third-order valence-electron chi connectivity index (χ3n) is 12.2. The Morgan fingerprint density at radius 2 is 1.07 bits per heavy atom. The van der Waals surface area contributed by atoms with Crippen molar-refractivity contribution in [2.24, 2.45) is 28.4 Å². The number of nitrogens with two attached hydrogens (primary N) is 1. The van der Waals surface area contributed by atoms with Gasteiger partial charge in [0.05, 0.1) is 44.0 Å². The summed E-state index contributed by atoms with van der Waals surface area (Å²) in [6, 6.07) is 16.2. The number of esters is 2. The van der Waals surface area contributed by atoms with Crippen LogP contribution in [-0.2, 0) is 54.4 Å². The van der Waals surface area contributed by atoms with Crippen molar-refractivity contribution in [3.05, 3.63) is 72.3 Å². The van der Waals surface area contributed by atoms with Crippen molar-refractivity contribution in [2.75, 3.05) is 26.3 Å². The molecule has 2 aromatic carbocycles. The quantitative estimate of drug-likeness (QED) is 0.0328. The van der Waals surface area contributed by atoms with E-state index in [1.807, 2.05) is 31.3 Å². The molecule has 0 atom stereocenters. The Kier molecular flexibility index (Phi) is 32.6. The molecular weight excluding hydrogens is 970 g/mol. The molecule has 2 saturated carbocycles. The summed E-state index contributed by atoms with van der Waals surface area (Å²) < 4.78 is 25.6. The number of nitrogens with zero attached hydrogens (tertiary/aromatic N) is 2. The second kappa shape index (κ2) is 36.0. The van der Waals surface area contributed by atoms with E-state index in [1.54, 1.807) is 19.2 Å². The largest absolute Gasteiger partial charge is 1.00 e. The van der Waals surface area contributed by atoms with Gasteiger partial charge in [-0.25, -0.2) is 19.4 Å². The van der Waals surface area contributed by atoms with Gasteiger partial charge in [0.2, 0.25) is 5.97 Å². The minimum atomic E-state index is -0.639. The summed E-state index contributed by atoms with van der Waals surface area (Å²) in [4.78, 5) is 78.0. The molecule has 2 heterocycles. The Hall–Kier alpha value is -5.14. The third-order valence-corrected chi connectivity index (χ3v) is 12.2. The van der Waals surface area contributed by atoms with Crippen LogP contribution < -0.4 is 50.1 Å². The van der Waals surface area contributed by atoms with Crippen LogP contribution in [0, 0.1) is 22.7 Å². The average Bonchev–Trinajstić information content (AvgIpc) is 3.35. The van der Waals surface area contributed by atoms with E-state index in [-0.39, 0.29) is 41.5 Å². The number of pyridine rings is 2. The molecule has 0 amide bonds. The van der Waals surface area contributed by atoms with Crippen LogP contribution in [0.4, 0.5) is 0 Å². The van der Waals surface area contributed by atoms with Gasteiger partial charge >= 0.3 is 53.4 Å². The summed E-state index contributed by atoms with van der Waals surface area (Å²) >= 11 is 0. The molecule has 0 spiro atoms. The first-order valence-electron chi connectivity index (χ1n) is 25.5. The second-order valence-electron chi connectivity index (χ2n) is 20.2. The van der Waals surface area contributed by atoms with Gasteiger partial charge in [0.15, 0.2) is 6.29 Å². The molecule has 0 aliphatic heterocycles. The molecule has 6 rings (SSSR count). The second-order valence-corrected chi connectivity index (χ2v) is 20.2. The zero-order valence-electron chi connectivity index (χ0n) is 46.6. The van der Waals surface area contributed by atoms with Gasteiger partial charge in [-0.3, -0.25) is 29.1 Å². The summed E-state index contributed by atoms with van der Waals surface area (Å²) in [6.07, 6.45) is 15.2. The Morgan fingerprint density at radius 1 is 0.640 bits per heavy atom. The van der Waals surface area contributed by atoms with Gasteiger partial charge in [0, 0.05) is 63.6 Å². The number of aldehydes is 1. The van der Waals surface area contributed by atoms with Crippen LogP contribution in [-0.4, -0.2) is 92.7 Å². The summed E-state index contributed by atoms with van der Waals surface area (Å²) in [5.74, 6) is 1.30. The van der Waals surface area contributed by atoms with Gasteiger partial charge in [0.1, 0.15) is 17.2 Å². The van der Waals surface area contributed by atoms with E-state index < -0.39 is 17.9 Å². The maximum absolute atomic E-state index is 11.4. The van der Waals surface area contributed by atoms with E-state index in [0.717, 1.165) is 96.4 Å². The standard InChI is InChI=1S/C25H36N2O3.C20H25NO2.C5H11NO2.C4H6O4.C2H3BO2.Na/c1-5-29-24(28)12-13-26-17-21-14-18-6-9-23(15-19(18)16-27-21)30-22-10-7-20(8-11-22)25(2,3)4;1-20(2,3)16-5-8-18(9-6-16)23-19-7-4-14-10-17(13-22)21-12-15(14)11-19;1-2-8-5(7)3-4-6;1-3(5)7-8-4(2)6;1-2(4)5-3;/h6,9,14-16,20,22,26H,5,7-8,10-13,17H2,1-4H3;4,7,10-13,16,18H,5-6,8-9H2,1-3H3;2-4,6H2,1H3;1-2H3;1H3;/q;;;;-1;+1. The Balaban J connectivity index is 0.000000547. The van der Waals surface area contributed by atoms with Crippen LogP contribution in [0.25, 0.3) is 21.5 Å². The number of carbonyl (C=O) groups is 6. The number of aromatic nitrogens is 2. The molecule has 19 heteroatoms. The molecule has 3 N–H and O–H groups in total. The van der Waals surface area contributed by atoms with Crippen molar-refractivity contribution < 1.29 is 91.7 Å². The smallest absolute Gasteiger partial charge is 0.793 e. The molecular formula is C56H81BN4NaO13. The zero-order valence-corrected chi connectivity index (χ0v) is 48.6. The number of rotatable bonds is 14. The molecule has 0 bridgehead atoms. The van der Waals surface area contributed by atoms with Crippen molar-refractivity contribution >= 4 is 65.7 Å². The van der Waals surface area contributed by atoms with Gasteiger partial charge in [0.25, 0.3) is 0 Å². The number of nitrogens with one attached hydrogen (secondary N) is 1. The first-order chi connectivity index (χ1) is 35.0. The van der Waals surface area contributed by atoms with E-state index in [2.05, 4.69) is 108 Å². The number of ether oxygens (including phenoxy) is 4. The van der Waals surface area contributed by atoms with Gasteiger partial charge in [-0.1, -0.05) is 53.7 Å². The molecule has 2 aliphatic carbocycles. The Morgan fingerprint density at radius 3 is 1.45 bits per heavy atom. The fraction of sp³-hybridized carbons (Fsp3) is 0.571. The SMILES string of the molecule is CC(=O)OOC(C)=O.CC(C)(C)C1CCC(Oc2ccc3cc(C=O)ncc3c2)CC1.CCOC(=O)CCN.CCOC(=O)CCNCc1cc2ccc(OC3CCC(C(C)(C)C)CC3)cc2cn1.[B-]OC(C)=O.[Na+]. The number of benzene rings is 2. The van der Waals surface area contributed by atoms with Crippen LogP contribution in [0.1, 0.15) is 157 Å². The summed E-state index contributed by atoms with van der Waals surface area (Å²) in [5.41, 5.74) is 7.27. The number of hydrogen-bond acceptors (Lipinski definition) is 17. The molecule has 75 heavy (non-hydrogen) atoms. The fourth-order valence-electron chi connectivity index (χ4n) is 8.20. The number of carbonyl (C=O) groups excluding carboxylic acids is 6. The normalized spacial score (nSPS) is 16.8. The van der Waals surface area contributed by atoms with Crippen LogP contribution in [0.5, 0.6) is 11.5 Å². The van der Waals surface area contributed by atoms with Crippen molar-refractivity contribution in [3.8, 4) is 11.5 Å². The maximum Gasteiger partial charge on any atom is 1.00 e. The van der Waals surface area contributed by atoms with E-state index in [1.165, 1.54) is 32.6 Å². The molecule has 0 saturated heterocycles. The predicted octanol–water partition coefficient (Wildman–Crippen LogP) is 6.86. The molecule has 17 nitrogen and oxygen atoms in total. The van der Waals surface area contributed by atoms with Crippen molar-refractivity contribution in [3.63, 3.8) is 0 Å². The van der Waals surface area contributed by atoms with Crippen molar-refractivity contribution in [2.45, 2.75) is 159 Å². The van der Waals surface area contributed by atoms with E-state index in [4.69, 9.17) is 19.9 Å². The fourth-order valence-corrected chi connectivity index (χ4v) is 8.20. The van der Waals surface area contributed by atoms with E-state index in [9.17, 15) is 28.8 Å². The molecule has 407 valence electrons. The molecule has 3 radical (unpaired) electrons. The van der Waals surface area contributed by atoms with Crippen LogP contribution >= 0.6 is 0 Å². The van der Waals surface area contributed by atoms with Gasteiger partial charge in [-0.05, 0) is 135 Å². The minimum Gasteiger partial charge on any atom is -0.793 e. The van der Waals surface area contributed by atoms with Gasteiger partial charge in [-0.2, -0.15) is 0 Å². The number of hydrogen-bond donors (Lipinski definition) is 2. The zero-order chi connectivity index (χ0) is 55.3. The van der Waals surface area contributed by atoms with Crippen molar-refractivity contribution in [1.82, 2.24) is 15.3 Å². The van der Waals surface area contributed by atoms with E-state index >= 15 is 0 Å². The summed E-state index contributed by atoms with van der Waals surface area (Å²) in [7, 11) is 4.32. The first-order valence-corrected chi connectivity index (χ1v) is 25.5. The monoisotopic (exact) mass is 1050 g/mol. The molecule has 4 aromatic rings. The number of fused-ring (bicyclic) bond motifs is 2. The minimum absolute atomic E-state index is 0. The third kappa shape index (κ3) is 28.5. The summed E-state index contributed by atoms with van der Waals surface area (Å²) in [5, 5.41) is 7.52. The topological polar surface area (TPSA) is 231 Å². The van der Waals surface area contributed by atoms with Crippen LogP contribution in [0.3, 0.4) is 0 Å². The molecule has 2 aromatic heterocycles. The Labute approximate surface area is 467 Å². The van der Waals surface area contributed by atoms with Gasteiger partial charge in [-0.15, -0.1) is 0 Å². The predicted molar refractivity (Wildman–Crippen MR) is 285 cm³/mol. The maximum atomic E-state index is 11.4. The molecule has 0 unspecified atom stereocenters. The van der Waals surface area contributed by atoms with Crippen LogP contribution in [0.2, 0.25) is 0 Å². The van der Waals surface area contributed by atoms with Crippen LogP contribution in [0.15, 0.2) is 60.9 Å². The van der Waals surface area contributed by atoms with Crippen molar-refractivity contribution in [1.29, 1.82) is 0 Å². The summed E-state index contributed by atoms with van der Waals surface area (Å²) in [6.45, 7) is 23.6.